The Bertz CT molecular complexity index is 268. The maximum Gasteiger partial charge on any atom is 0.205 e. The SMILES string of the molecule is COCCCN=C(NN)NC1CCCCC1C(C)C. The molecule has 1 saturated carbocycles. The van der Waals surface area contributed by atoms with Crippen LogP contribution in [0, 0.1) is 11.8 Å². The average Bonchev–Trinajstić information content (AvgIpc) is 2.42. The third-order valence-corrected chi connectivity index (χ3v) is 3.91. The summed E-state index contributed by atoms with van der Waals surface area (Å²) >= 11 is 0. The van der Waals surface area contributed by atoms with Crippen LogP contribution in [0.5, 0.6) is 0 Å². The fourth-order valence-corrected chi connectivity index (χ4v) is 2.85. The van der Waals surface area contributed by atoms with Crippen molar-refractivity contribution in [2.24, 2.45) is 22.7 Å². The van der Waals surface area contributed by atoms with Crippen LogP contribution in [0.1, 0.15) is 46.0 Å². The Kier molecular flexibility index (Phi) is 7.82. The lowest BCUT2D eigenvalue weighted by molar-refractivity contribution is 0.197. The van der Waals surface area contributed by atoms with Gasteiger partial charge in [0.2, 0.25) is 5.96 Å². The number of nitrogens with two attached hydrogens (primary N) is 1. The van der Waals surface area contributed by atoms with Gasteiger partial charge in [-0.2, -0.15) is 0 Å². The summed E-state index contributed by atoms with van der Waals surface area (Å²) in [6.07, 6.45) is 6.07. The first-order chi connectivity index (χ1) is 9.19. The van der Waals surface area contributed by atoms with Crippen molar-refractivity contribution in [2.45, 2.75) is 52.0 Å². The van der Waals surface area contributed by atoms with Gasteiger partial charge >= 0.3 is 0 Å². The molecule has 112 valence electrons. The number of hydrogen-bond acceptors (Lipinski definition) is 3. The van der Waals surface area contributed by atoms with Gasteiger partial charge in [-0.25, -0.2) is 5.84 Å². The van der Waals surface area contributed by atoms with Crippen molar-refractivity contribution in [1.82, 2.24) is 10.7 Å². The van der Waals surface area contributed by atoms with Crippen molar-refractivity contribution < 1.29 is 4.74 Å². The van der Waals surface area contributed by atoms with E-state index in [0.717, 1.165) is 19.6 Å². The second kappa shape index (κ2) is 9.15. The molecule has 0 bridgehead atoms. The zero-order chi connectivity index (χ0) is 14.1. The highest BCUT2D eigenvalue weighted by molar-refractivity contribution is 5.79. The van der Waals surface area contributed by atoms with Gasteiger partial charge in [0.15, 0.2) is 0 Å². The maximum atomic E-state index is 5.55. The van der Waals surface area contributed by atoms with Gasteiger partial charge < -0.3 is 10.1 Å². The number of nitrogens with zero attached hydrogens (tertiary/aromatic N) is 1. The molecule has 0 amide bonds. The van der Waals surface area contributed by atoms with Crippen molar-refractivity contribution in [2.75, 3.05) is 20.3 Å². The lowest BCUT2D eigenvalue weighted by Gasteiger charge is -2.35. The van der Waals surface area contributed by atoms with Crippen molar-refractivity contribution in [3.05, 3.63) is 0 Å². The minimum atomic E-state index is 0.492. The van der Waals surface area contributed by atoms with Crippen LogP contribution in [-0.4, -0.2) is 32.3 Å². The molecule has 1 aliphatic carbocycles. The first kappa shape index (κ1) is 16.2. The number of hydrazine groups is 1. The van der Waals surface area contributed by atoms with Gasteiger partial charge in [-0.05, 0) is 31.1 Å². The Balaban J connectivity index is 2.47. The van der Waals surface area contributed by atoms with Crippen molar-refractivity contribution in [3.63, 3.8) is 0 Å². The molecular formula is C14H30N4O. The molecule has 0 aromatic carbocycles. The van der Waals surface area contributed by atoms with Gasteiger partial charge in [0.1, 0.15) is 0 Å². The second-order valence-electron chi connectivity index (χ2n) is 5.66. The molecule has 0 radical (unpaired) electrons. The van der Waals surface area contributed by atoms with Crippen molar-refractivity contribution >= 4 is 5.96 Å². The van der Waals surface area contributed by atoms with Gasteiger partial charge in [0.05, 0.1) is 0 Å². The van der Waals surface area contributed by atoms with Gasteiger partial charge in [-0.1, -0.05) is 26.7 Å². The lowest BCUT2D eigenvalue weighted by atomic mass is 9.78. The van der Waals surface area contributed by atoms with E-state index in [2.05, 4.69) is 29.6 Å². The molecule has 5 nitrogen and oxygen atoms in total. The highest BCUT2D eigenvalue weighted by Gasteiger charge is 2.27. The Morgan fingerprint density at radius 3 is 2.74 bits per heavy atom. The molecule has 4 N–H and O–H groups in total. The van der Waals surface area contributed by atoms with Crippen LogP contribution in [-0.2, 0) is 4.74 Å². The third-order valence-electron chi connectivity index (χ3n) is 3.91. The highest BCUT2D eigenvalue weighted by atomic mass is 16.5. The molecule has 0 aliphatic heterocycles. The standard InChI is InChI=1S/C14H30N4O/c1-11(2)12-7-4-5-8-13(12)17-14(18-15)16-9-6-10-19-3/h11-13H,4-10,15H2,1-3H3,(H2,16,17,18). The summed E-state index contributed by atoms with van der Waals surface area (Å²) in [5.41, 5.74) is 2.68. The largest absolute Gasteiger partial charge is 0.385 e. The van der Waals surface area contributed by atoms with E-state index in [4.69, 9.17) is 10.6 Å². The average molecular weight is 270 g/mol. The summed E-state index contributed by atoms with van der Waals surface area (Å²) < 4.78 is 5.01. The molecule has 0 aromatic rings. The first-order valence-corrected chi connectivity index (χ1v) is 7.45. The van der Waals surface area contributed by atoms with E-state index in [1.165, 1.54) is 25.7 Å². The zero-order valence-corrected chi connectivity index (χ0v) is 12.6. The van der Waals surface area contributed by atoms with Crippen LogP contribution in [0.2, 0.25) is 0 Å². The van der Waals surface area contributed by atoms with Crippen LogP contribution in [0.15, 0.2) is 4.99 Å². The molecule has 0 aromatic heterocycles. The van der Waals surface area contributed by atoms with Crippen LogP contribution < -0.4 is 16.6 Å². The van der Waals surface area contributed by atoms with Crippen molar-refractivity contribution in [1.29, 1.82) is 0 Å². The Morgan fingerprint density at radius 2 is 2.11 bits per heavy atom. The molecule has 2 atom stereocenters. The maximum absolute atomic E-state index is 5.55. The van der Waals surface area contributed by atoms with Gasteiger partial charge in [-0.3, -0.25) is 10.4 Å². The molecule has 1 fully saturated rings. The zero-order valence-electron chi connectivity index (χ0n) is 12.6. The number of nitrogens with one attached hydrogen (secondary N) is 2. The van der Waals surface area contributed by atoms with Gasteiger partial charge in [0.25, 0.3) is 0 Å². The third kappa shape index (κ3) is 5.78. The summed E-state index contributed by atoms with van der Waals surface area (Å²) in [6.45, 7) is 6.07. The van der Waals surface area contributed by atoms with Crippen molar-refractivity contribution in [3.8, 4) is 0 Å². The number of aliphatic imine (C=N–C) groups is 1. The monoisotopic (exact) mass is 270 g/mol. The predicted molar refractivity (Wildman–Crippen MR) is 79.8 cm³/mol. The van der Waals surface area contributed by atoms with E-state index in [-0.39, 0.29) is 0 Å². The van der Waals surface area contributed by atoms with E-state index in [1.54, 1.807) is 7.11 Å². The molecule has 0 spiro atoms. The summed E-state index contributed by atoms with van der Waals surface area (Å²) in [6, 6.07) is 0.492. The number of methoxy groups -OCH3 is 1. The Morgan fingerprint density at radius 1 is 1.37 bits per heavy atom. The van der Waals surface area contributed by atoms with Crippen LogP contribution in [0.4, 0.5) is 0 Å². The van der Waals surface area contributed by atoms with E-state index in [9.17, 15) is 0 Å². The molecule has 5 heteroatoms. The Hall–Kier alpha value is -0.810. The molecule has 2 unspecified atom stereocenters. The predicted octanol–water partition coefficient (Wildman–Crippen LogP) is 1.65. The van der Waals surface area contributed by atoms with Crippen LogP contribution >= 0.6 is 0 Å². The summed E-state index contributed by atoms with van der Waals surface area (Å²) in [7, 11) is 1.71. The summed E-state index contributed by atoms with van der Waals surface area (Å²) in [4.78, 5) is 4.46. The second-order valence-corrected chi connectivity index (χ2v) is 5.66. The smallest absolute Gasteiger partial charge is 0.205 e. The molecule has 0 saturated heterocycles. The van der Waals surface area contributed by atoms with E-state index in [0.29, 0.717) is 23.8 Å². The molecular weight excluding hydrogens is 240 g/mol. The van der Waals surface area contributed by atoms with Crippen LogP contribution in [0.25, 0.3) is 0 Å². The van der Waals surface area contributed by atoms with Gasteiger partial charge in [-0.15, -0.1) is 0 Å². The normalized spacial score (nSPS) is 24.6. The summed E-state index contributed by atoms with van der Waals surface area (Å²) in [5.74, 6) is 7.68. The fourth-order valence-electron chi connectivity index (χ4n) is 2.85. The minimum absolute atomic E-state index is 0.492. The van der Waals surface area contributed by atoms with E-state index >= 15 is 0 Å². The van der Waals surface area contributed by atoms with Crippen LogP contribution in [0.3, 0.4) is 0 Å². The highest BCUT2D eigenvalue weighted by Crippen LogP contribution is 2.30. The van der Waals surface area contributed by atoms with Gasteiger partial charge in [0, 0.05) is 26.3 Å². The molecule has 19 heavy (non-hydrogen) atoms. The molecule has 1 rings (SSSR count). The quantitative estimate of drug-likeness (QED) is 0.226. The number of hydrogen-bond donors (Lipinski definition) is 3. The number of rotatable bonds is 6. The number of guanidine groups is 1. The first-order valence-electron chi connectivity index (χ1n) is 7.45. The lowest BCUT2D eigenvalue weighted by Crippen LogP contribution is -2.50. The minimum Gasteiger partial charge on any atom is -0.385 e. The summed E-state index contributed by atoms with van der Waals surface area (Å²) in [5, 5.41) is 3.49. The molecule has 1 aliphatic rings. The van der Waals surface area contributed by atoms with E-state index in [1.807, 2.05) is 0 Å². The topological polar surface area (TPSA) is 71.7 Å². The molecule has 0 heterocycles. The number of ether oxygens (including phenoxy) is 1. The Labute approximate surface area is 117 Å². The fraction of sp³-hybridized carbons (Fsp3) is 0.929. The van der Waals surface area contributed by atoms with E-state index < -0.39 is 0 Å².